The third-order valence-corrected chi connectivity index (χ3v) is 3.42. The standard InChI is InChI=1S/C12H21N3O/c1-2-8-15-12(11(9-16)13-14-15)10-6-4-3-5-7-10/h10,16H,2-9H2,1H3. The first-order valence-corrected chi connectivity index (χ1v) is 6.40. The van der Waals surface area contributed by atoms with Crippen molar-refractivity contribution in [3.63, 3.8) is 0 Å². The Labute approximate surface area is 96.7 Å². The molecule has 1 aliphatic carbocycles. The molecule has 16 heavy (non-hydrogen) atoms. The van der Waals surface area contributed by atoms with Crippen LogP contribution in [0.25, 0.3) is 0 Å². The molecule has 1 aliphatic rings. The fraction of sp³-hybridized carbons (Fsp3) is 0.833. The summed E-state index contributed by atoms with van der Waals surface area (Å²) in [6.45, 7) is 3.08. The van der Waals surface area contributed by atoms with E-state index >= 15 is 0 Å². The minimum Gasteiger partial charge on any atom is -0.390 e. The molecule has 1 heterocycles. The largest absolute Gasteiger partial charge is 0.390 e. The van der Waals surface area contributed by atoms with Crippen LogP contribution >= 0.6 is 0 Å². The maximum absolute atomic E-state index is 9.31. The van der Waals surface area contributed by atoms with E-state index in [9.17, 15) is 5.11 Å². The summed E-state index contributed by atoms with van der Waals surface area (Å²) in [7, 11) is 0. The van der Waals surface area contributed by atoms with Gasteiger partial charge in [-0.1, -0.05) is 31.4 Å². The minimum atomic E-state index is 0.0234. The average Bonchev–Trinajstić information content (AvgIpc) is 2.74. The van der Waals surface area contributed by atoms with Crippen LogP contribution in [-0.4, -0.2) is 20.1 Å². The molecule has 0 atom stereocenters. The van der Waals surface area contributed by atoms with Gasteiger partial charge in [-0.3, -0.25) is 0 Å². The van der Waals surface area contributed by atoms with Crippen LogP contribution in [0.3, 0.4) is 0 Å². The van der Waals surface area contributed by atoms with Crippen molar-refractivity contribution in [1.29, 1.82) is 0 Å². The minimum absolute atomic E-state index is 0.0234. The second kappa shape index (κ2) is 5.43. The van der Waals surface area contributed by atoms with Crippen LogP contribution in [0, 0.1) is 0 Å². The maximum Gasteiger partial charge on any atom is 0.112 e. The van der Waals surface area contributed by atoms with Crippen LogP contribution in [0.5, 0.6) is 0 Å². The van der Waals surface area contributed by atoms with Gasteiger partial charge >= 0.3 is 0 Å². The van der Waals surface area contributed by atoms with Crippen molar-refractivity contribution in [2.45, 2.75) is 64.5 Å². The van der Waals surface area contributed by atoms with Crippen LogP contribution in [0.4, 0.5) is 0 Å². The summed E-state index contributed by atoms with van der Waals surface area (Å²) in [5.74, 6) is 0.567. The molecule has 4 nitrogen and oxygen atoms in total. The Balaban J connectivity index is 2.23. The number of rotatable bonds is 4. The summed E-state index contributed by atoms with van der Waals surface area (Å²) >= 11 is 0. The Morgan fingerprint density at radius 3 is 2.69 bits per heavy atom. The molecule has 1 N–H and O–H groups in total. The average molecular weight is 223 g/mol. The van der Waals surface area contributed by atoms with Gasteiger partial charge in [0.1, 0.15) is 5.69 Å². The van der Waals surface area contributed by atoms with Crippen molar-refractivity contribution in [3.05, 3.63) is 11.4 Å². The van der Waals surface area contributed by atoms with Crippen LogP contribution in [-0.2, 0) is 13.2 Å². The van der Waals surface area contributed by atoms with Gasteiger partial charge in [0.15, 0.2) is 0 Å². The molecule has 0 aliphatic heterocycles. The normalized spacial score (nSPS) is 17.9. The van der Waals surface area contributed by atoms with Crippen molar-refractivity contribution in [2.24, 2.45) is 0 Å². The lowest BCUT2D eigenvalue weighted by atomic mass is 9.86. The lowest BCUT2D eigenvalue weighted by Crippen LogP contribution is -2.13. The predicted octanol–water partition coefficient (Wildman–Crippen LogP) is 2.23. The zero-order valence-corrected chi connectivity index (χ0v) is 10.0. The molecule has 0 amide bonds. The first-order chi connectivity index (χ1) is 7.86. The number of aliphatic hydroxyl groups excluding tert-OH is 1. The number of hydrogen-bond donors (Lipinski definition) is 1. The molecular weight excluding hydrogens is 202 g/mol. The zero-order chi connectivity index (χ0) is 11.4. The summed E-state index contributed by atoms with van der Waals surface area (Å²) in [4.78, 5) is 0. The Morgan fingerprint density at radius 1 is 1.31 bits per heavy atom. The fourth-order valence-electron chi connectivity index (χ4n) is 2.67. The smallest absolute Gasteiger partial charge is 0.112 e. The van der Waals surface area contributed by atoms with E-state index in [1.165, 1.54) is 37.8 Å². The predicted molar refractivity (Wildman–Crippen MR) is 62.1 cm³/mol. The zero-order valence-electron chi connectivity index (χ0n) is 10.0. The van der Waals surface area contributed by atoms with Gasteiger partial charge in [-0.15, -0.1) is 5.10 Å². The highest BCUT2D eigenvalue weighted by Gasteiger charge is 2.23. The second-order valence-electron chi connectivity index (χ2n) is 4.64. The molecule has 0 saturated heterocycles. The van der Waals surface area contributed by atoms with Crippen molar-refractivity contribution in [2.75, 3.05) is 0 Å². The molecule has 0 aromatic carbocycles. The van der Waals surface area contributed by atoms with Crippen molar-refractivity contribution < 1.29 is 5.11 Å². The van der Waals surface area contributed by atoms with Gasteiger partial charge in [-0.25, -0.2) is 4.68 Å². The molecule has 0 spiro atoms. The van der Waals surface area contributed by atoms with E-state index < -0.39 is 0 Å². The van der Waals surface area contributed by atoms with Gasteiger partial charge in [0.25, 0.3) is 0 Å². The van der Waals surface area contributed by atoms with Gasteiger partial charge in [0.2, 0.25) is 0 Å². The van der Waals surface area contributed by atoms with Crippen LogP contribution < -0.4 is 0 Å². The van der Waals surface area contributed by atoms with E-state index in [2.05, 4.69) is 17.2 Å². The van der Waals surface area contributed by atoms with Crippen LogP contribution in [0.1, 0.15) is 62.8 Å². The van der Waals surface area contributed by atoms with E-state index in [1.807, 2.05) is 4.68 Å². The Bertz CT molecular complexity index is 329. The molecule has 0 bridgehead atoms. The van der Waals surface area contributed by atoms with E-state index in [0.29, 0.717) is 5.92 Å². The summed E-state index contributed by atoms with van der Waals surface area (Å²) in [5, 5.41) is 17.6. The van der Waals surface area contributed by atoms with E-state index in [1.54, 1.807) is 0 Å². The van der Waals surface area contributed by atoms with Crippen molar-refractivity contribution in [3.8, 4) is 0 Å². The highest BCUT2D eigenvalue weighted by atomic mass is 16.3. The number of nitrogens with zero attached hydrogens (tertiary/aromatic N) is 3. The molecule has 4 heteroatoms. The number of aliphatic hydroxyl groups is 1. The monoisotopic (exact) mass is 223 g/mol. The molecule has 1 aromatic heterocycles. The summed E-state index contributed by atoms with van der Waals surface area (Å²) in [6.07, 6.45) is 7.46. The molecule has 1 saturated carbocycles. The number of aromatic nitrogens is 3. The van der Waals surface area contributed by atoms with Gasteiger partial charge in [-0.2, -0.15) is 0 Å². The van der Waals surface area contributed by atoms with E-state index in [-0.39, 0.29) is 6.61 Å². The summed E-state index contributed by atoms with van der Waals surface area (Å²) in [6, 6.07) is 0. The fourth-order valence-corrected chi connectivity index (χ4v) is 2.67. The van der Waals surface area contributed by atoms with Gasteiger partial charge in [0.05, 0.1) is 12.3 Å². The van der Waals surface area contributed by atoms with Crippen molar-refractivity contribution in [1.82, 2.24) is 15.0 Å². The third-order valence-electron chi connectivity index (χ3n) is 3.42. The van der Waals surface area contributed by atoms with Crippen LogP contribution in [0.2, 0.25) is 0 Å². The Kier molecular flexibility index (Phi) is 3.93. The number of aryl methyl sites for hydroxylation is 1. The highest BCUT2D eigenvalue weighted by molar-refractivity contribution is 5.15. The van der Waals surface area contributed by atoms with Gasteiger partial charge in [0, 0.05) is 12.5 Å². The molecule has 1 aromatic rings. The second-order valence-corrected chi connectivity index (χ2v) is 4.64. The quantitative estimate of drug-likeness (QED) is 0.851. The molecule has 1 fully saturated rings. The van der Waals surface area contributed by atoms with Gasteiger partial charge < -0.3 is 5.11 Å². The van der Waals surface area contributed by atoms with Gasteiger partial charge in [-0.05, 0) is 19.3 Å². The molecular formula is C12H21N3O. The lowest BCUT2D eigenvalue weighted by molar-refractivity contribution is 0.273. The first kappa shape index (κ1) is 11.6. The topological polar surface area (TPSA) is 50.9 Å². The first-order valence-electron chi connectivity index (χ1n) is 6.40. The molecule has 0 radical (unpaired) electrons. The molecule has 0 unspecified atom stereocenters. The van der Waals surface area contributed by atoms with Crippen LogP contribution in [0.15, 0.2) is 0 Å². The maximum atomic E-state index is 9.31. The summed E-state index contributed by atoms with van der Waals surface area (Å²) in [5.41, 5.74) is 1.99. The lowest BCUT2D eigenvalue weighted by Gasteiger charge is -2.22. The van der Waals surface area contributed by atoms with E-state index in [0.717, 1.165) is 18.7 Å². The SMILES string of the molecule is CCCn1nnc(CO)c1C1CCCCC1. The molecule has 2 rings (SSSR count). The van der Waals surface area contributed by atoms with E-state index in [4.69, 9.17) is 0 Å². The Morgan fingerprint density at radius 2 is 2.06 bits per heavy atom. The Hall–Kier alpha value is -0.900. The number of hydrogen-bond acceptors (Lipinski definition) is 3. The molecule has 90 valence electrons. The summed E-state index contributed by atoms with van der Waals surface area (Å²) < 4.78 is 2.00. The highest BCUT2D eigenvalue weighted by Crippen LogP contribution is 2.33. The third kappa shape index (κ3) is 2.26. The van der Waals surface area contributed by atoms with Crippen molar-refractivity contribution >= 4 is 0 Å².